The van der Waals surface area contributed by atoms with Gasteiger partial charge in [-0.05, 0) is 54.7 Å². The molecule has 5 nitrogen and oxygen atoms in total. The first-order chi connectivity index (χ1) is 13.7. The van der Waals surface area contributed by atoms with E-state index in [0.29, 0.717) is 17.8 Å². The van der Waals surface area contributed by atoms with Crippen LogP contribution in [0.25, 0.3) is 0 Å². The van der Waals surface area contributed by atoms with E-state index >= 15 is 0 Å². The molecule has 4 rings (SSSR count). The molecule has 2 unspecified atom stereocenters. The van der Waals surface area contributed by atoms with Crippen molar-refractivity contribution >= 4 is 44.7 Å². The van der Waals surface area contributed by atoms with Crippen molar-refractivity contribution in [1.29, 1.82) is 0 Å². The summed E-state index contributed by atoms with van der Waals surface area (Å²) in [7, 11) is 0. The molecule has 6 heteroatoms. The number of hydrogen-bond donors (Lipinski definition) is 2. The van der Waals surface area contributed by atoms with E-state index in [0.717, 1.165) is 16.6 Å². The van der Waals surface area contributed by atoms with Crippen molar-refractivity contribution in [2.75, 3.05) is 10.7 Å². The number of halogens is 1. The van der Waals surface area contributed by atoms with Crippen LogP contribution in [-0.2, 0) is 9.59 Å². The molecule has 2 atom stereocenters. The number of anilines is 2. The topological polar surface area (TPSA) is 70.6 Å². The Labute approximate surface area is 179 Å². The summed E-state index contributed by atoms with van der Waals surface area (Å²) in [5.41, 5.74) is 2.82. The molecule has 0 aliphatic heterocycles. The fraction of sp³-hybridized carbons (Fsp3) is 0.348. The molecule has 2 bridgehead atoms. The molecule has 2 aliphatic rings. The molecule has 2 N–H and O–H groups in total. The lowest BCUT2D eigenvalue weighted by Gasteiger charge is -2.37. The number of nitrogens with zero attached hydrogens (tertiary/aromatic N) is 1. The third-order valence-corrected chi connectivity index (χ3v) is 7.66. The standard InChI is InChI=1S/C23H24BrN3O2/c1-21(2)22(3)13-14-23(21,20(29)25-16-11-9-15(24)10-12-16)19(28)18(22)27-26-17-7-5-4-6-8-17/h4-12,26H,13-14H2,1-3H3,(H,25,29). The molecule has 0 heterocycles. The predicted octanol–water partition coefficient (Wildman–Crippen LogP) is 5.25. The molecule has 2 aromatic rings. The maximum atomic E-state index is 13.6. The van der Waals surface area contributed by atoms with Crippen molar-refractivity contribution < 1.29 is 9.59 Å². The number of benzene rings is 2. The monoisotopic (exact) mass is 453 g/mol. The zero-order chi connectivity index (χ0) is 20.9. The number of carbonyl (C=O) groups is 2. The highest BCUT2D eigenvalue weighted by Crippen LogP contribution is 2.69. The van der Waals surface area contributed by atoms with E-state index in [1.807, 2.05) is 68.4 Å². The molecule has 2 fully saturated rings. The highest BCUT2D eigenvalue weighted by Gasteiger charge is 2.76. The van der Waals surface area contributed by atoms with Crippen LogP contribution in [0.2, 0.25) is 0 Å². The molecule has 0 spiro atoms. The fourth-order valence-electron chi connectivity index (χ4n) is 4.88. The molecule has 2 saturated carbocycles. The maximum Gasteiger partial charge on any atom is 0.239 e. The summed E-state index contributed by atoms with van der Waals surface area (Å²) in [6.45, 7) is 6.09. The van der Waals surface area contributed by atoms with E-state index in [1.165, 1.54) is 0 Å². The van der Waals surface area contributed by atoms with Gasteiger partial charge in [-0.1, -0.05) is 54.9 Å². The van der Waals surface area contributed by atoms with E-state index in [2.05, 4.69) is 38.7 Å². The van der Waals surface area contributed by atoms with Crippen molar-refractivity contribution in [2.24, 2.45) is 21.3 Å². The number of carbonyl (C=O) groups excluding carboxylic acids is 2. The van der Waals surface area contributed by atoms with Crippen LogP contribution in [0.4, 0.5) is 11.4 Å². The summed E-state index contributed by atoms with van der Waals surface area (Å²) in [5, 5.41) is 7.47. The van der Waals surface area contributed by atoms with Gasteiger partial charge >= 0.3 is 0 Å². The summed E-state index contributed by atoms with van der Waals surface area (Å²) in [6.07, 6.45) is 1.27. The van der Waals surface area contributed by atoms with Gasteiger partial charge in [0.1, 0.15) is 11.1 Å². The lowest BCUT2D eigenvalue weighted by atomic mass is 9.64. The third-order valence-electron chi connectivity index (χ3n) is 7.13. The van der Waals surface area contributed by atoms with Gasteiger partial charge in [0.15, 0.2) is 5.78 Å². The van der Waals surface area contributed by atoms with Gasteiger partial charge in [-0.25, -0.2) is 0 Å². The molecule has 2 aliphatic carbocycles. The first kappa shape index (κ1) is 19.8. The first-order valence-electron chi connectivity index (χ1n) is 9.73. The number of fused-ring (bicyclic) bond motifs is 2. The van der Waals surface area contributed by atoms with Crippen molar-refractivity contribution in [3.63, 3.8) is 0 Å². The Bertz CT molecular complexity index is 1000. The van der Waals surface area contributed by atoms with Crippen molar-refractivity contribution in [1.82, 2.24) is 0 Å². The van der Waals surface area contributed by atoms with Crippen molar-refractivity contribution in [2.45, 2.75) is 33.6 Å². The SMILES string of the molecule is CC12CCC(C(=O)Nc3ccc(Br)cc3)(C(=O)C1=NNc1ccccc1)C2(C)C. The van der Waals surface area contributed by atoms with Crippen LogP contribution in [0.5, 0.6) is 0 Å². The number of amides is 1. The average Bonchev–Trinajstić information content (AvgIpc) is 2.98. The average molecular weight is 454 g/mol. The fourth-order valence-corrected chi connectivity index (χ4v) is 5.14. The van der Waals surface area contributed by atoms with Crippen LogP contribution in [0, 0.1) is 16.2 Å². The van der Waals surface area contributed by atoms with E-state index in [4.69, 9.17) is 0 Å². The van der Waals surface area contributed by atoms with Crippen LogP contribution in [-0.4, -0.2) is 17.4 Å². The molecule has 1 amide bonds. The highest BCUT2D eigenvalue weighted by molar-refractivity contribution is 9.10. The minimum Gasteiger partial charge on any atom is -0.325 e. The van der Waals surface area contributed by atoms with E-state index in [9.17, 15) is 9.59 Å². The summed E-state index contributed by atoms with van der Waals surface area (Å²) < 4.78 is 0.931. The number of para-hydroxylation sites is 1. The van der Waals surface area contributed by atoms with Crippen LogP contribution >= 0.6 is 15.9 Å². The van der Waals surface area contributed by atoms with Gasteiger partial charge in [0.2, 0.25) is 5.91 Å². The number of nitrogens with one attached hydrogen (secondary N) is 2. The van der Waals surface area contributed by atoms with Gasteiger partial charge in [0.05, 0.1) is 5.69 Å². The summed E-state index contributed by atoms with van der Waals surface area (Å²) in [6, 6.07) is 16.9. The molecule has 29 heavy (non-hydrogen) atoms. The minimum atomic E-state index is -1.12. The van der Waals surface area contributed by atoms with Gasteiger partial charge in [-0.3, -0.25) is 15.0 Å². The highest BCUT2D eigenvalue weighted by atomic mass is 79.9. The summed E-state index contributed by atoms with van der Waals surface area (Å²) in [5.74, 6) is -0.419. The Morgan fingerprint density at radius 3 is 2.28 bits per heavy atom. The molecule has 2 aromatic carbocycles. The Kier molecular flexibility index (Phi) is 4.65. The second-order valence-corrected chi connectivity index (χ2v) is 9.51. The number of Topliss-reactive ketones (excluding diaryl/α,β-unsaturated/α-hetero) is 1. The predicted molar refractivity (Wildman–Crippen MR) is 119 cm³/mol. The molecule has 0 aromatic heterocycles. The van der Waals surface area contributed by atoms with Crippen LogP contribution in [0.15, 0.2) is 64.2 Å². The van der Waals surface area contributed by atoms with Crippen LogP contribution < -0.4 is 10.7 Å². The van der Waals surface area contributed by atoms with Crippen molar-refractivity contribution in [3.8, 4) is 0 Å². The second kappa shape index (κ2) is 6.80. The van der Waals surface area contributed by atoms with Gasteiger partial charge in [0.25, 0.3) is 0 Å². The maximum absolute atomic E-state index is 13.6. The van der Waals surface area contributed by atoms with E-state index in [-0.39, 0.29) is 11.7 Å². The van der Waals surface area contributed by atoms with Gasteiger partial charge in [0, 0.05) is 15.6 Å². The first-order valence-corrected chi connectivity index (χ1v) is 10.5. The van der Waals surface area contributed by atoms with E-state index < -0.39 is 16.2 Å². The lowest BCUT2D eigenvalue weighted by molar-refractivity contribution is -0.139. The molecular formula is C23H24BrN3O2. The van der Waals surface area contributed by atoms with E-state index in [1.54, 1.807) is 0 Å². The smallest absolute Gasteiger partial charge is 0.239 e. The summed E-state index contributed by atoms with van der Waals surface area (Å²) in [4.78, 5) is 27.0. The molecular weight excluding hydrogens is 430 g/mol. The van der Waals surface area contributed by atoms with Gasteiger partial charge in [-0.2, -0.15) is 5.10 Å². The molecule has 150 valence electrons. The number of rotatable bonds is 4. The zero-order valence-electron chi connectivity index (χ0n) is 16.8. The molecule has 0 saturated heterocycles. The summed E-state index contributed by atoms with van der Waals surface area (Å²) >= 11 is 3.40. The molecule has 0 radical (unpaired) electrons. The van der Waals surface area contributed by atoms with Gasteiger partial charge < -0.3 is 5.32 Å². The van der Waals surface area contributed by atoms with Crippen molar-refractivity contribution in [3.05, 3.63) is 59.1 Å². The second-order valence-electron chi connectivity index (χ2n) is 8.59. The Balaban J connectivity index is 1.69. The largest absolute Gasteiger partial charge is 0.325 e. The number of hydrogen-bond acceptors (Lipinski definition) is 4. The third kappa shape index (κ3) is 2.76. The van der Waals surface area contributed by atoms with Crippen LogP contribution in [0.1, 0.15) is 33.6 Å². The Morgan fingerprint density at radius 1 is 0.966 bits per heavy atom. The quantitative estimate of drug-likeness (QED) is 0.490. The van der Waals surface area contributed by atoms with Crippen LogP contribution in [0.3, 0.4) is 0 Å². The number of hydrazone groups is 1. The number of ketones is 1. The minimum absolute atomic E-state index is 0.172. The Hall–Kier alpha value is -2.47. The zero-order valence-corrected chi connectivity index (χ0v) is 18.3. The normalized spacial score (nSPS) is 28.6. The Morgan fingerprint density at radius 2 is 1.62 bits per heavy atom. The lowest BCUT2D eigenvalue weighted by Crippen LogP contribution is -2.47. The van der Waals surface area contributed by atoms with Gasteiger partial charge in [-0.15, -0.1) is 0 Å².